The van der Waals surface area contributed by atoms with E-state index < -0.39 is 10.1 Å². The Kier molecular flexibility index (Phi) is 6.92. The molecular weight excluding hydrogens is 280 g/mol. The van der Waals surface area contributed by atoms with Crippen LogP contribution in [0.2, 0.25) is 0 Å². The number of hydrogen-bond acceptors (Lipinski definition) is 4. The van der Waals surface area contributed by atoms with Gasteiger partial charge in [0.05, 0.1) is 5.75 Å². The summed E-state index contributed by atoms with van der Waals surface area (Å²) in [7, 11) is -3.93. The molecule has 3 N–H and O–H groups in total. The molecule has 0 fully saturated rings. The lowest BCUT2D eigenvalue weighted by Crippen LogP contribution is -2.34. The van der Waals surface area contributed by atoms with Crippen molar-refractivity contribution in [2.45, 2.75) is 0 Å². The first kappa shape index (κ1) is 16.4. The van der Waals surface area contributed by atoms with Gasteiger partial charge < -0.3 is 10.6 Å². The first-order valence-electron chi connectivity index (χ1n) is 6.15. The molecule has 0 aromatic heterocycles. The van der Waals surface area contributed by atoms with E-state index in [1.165, 1.54) is 0 Å². The normalized spacial score (nSPS) is 21.9. The Balaban J connectivity index is 2.23. The van der Waals surface area contributed by atoms with E-state index in [2.05, 4.69) is 10.6 Å². The van der Waals surface area contributed by atoms with Gasteiger partial charge in [-0.15, -0.1) is 0 Å². The zero-order chi connectivity index (χ0) is 14.8. The second-order valence-corrected chi connectivity index (χ2v) is 5.61. The predicted molar refractivity (Wildman–Crippen MR) is 77.8 cm³/mol. The number of nitrogens with one attached hydrogen (secondary N) is 2. The van der Waals surface area contributed by atoms with Gasteiger partial charge in [-0.2, -0.15) is 8.42 Å². The van der Waals surface area contributed by atoms with E-state index in [0.29, 0.717) is 18.7 Å². The van der Waals surface area contributed by atoms with Crippen LogP contribution in [0, 0.1) is 0 Å². The fourth-order valence-electron chi connectivity index (χ4n) is 1.41. The highest BCUT2D eigenvalue weighted by molar-refractivity contribution is 7.85. The van der Waals surface area contributed by atoms with E-state index in [1.54, 1.807) is 24.3 Å². The van der Waals surface area contributed by atoms with Gasteiger partial charge in [0.1, 0.15) is 0 Å². The van der Waals surface area contributed by atoms with Gasteiger partial charge in [-0.3, -0.25) is 9.35 Å². The molecule has 1 aliphatic carbocycles. The maximum Gasteiger partial charge on any atom is 0.266 e. The van der Waals surface area contributed by atoms with Crippen molar-refractivity contribution in [1.82, 2.24) is 10.6 Å². The van der Waals surface area contributed by atoms with Gasteiger partial charge in [0.15, 0.2) is 0 Å². The molecule has 1 rings (SSSR count). The third-order valence-corrected chi connectivity index (χ3v) is 3.10. The maximum absolute atomic E-state index is 11.8. The summed E-state index contributed by atoms with van der Waals surface area (Å²) in [6, 6.07) is 0. The van der Waals surface area contributed by atoms with Gasteiger partial charge in [0, 0.05) is 25.2 Å². The summed E-state index contributed by atoms with van der Waals surface area (Å²) in [5, 5.41) is 5.51. The van der Waals surface area contributed by atoms with E-state index in [0.717, 1.165) is 0 Å². The summed E-state index contributed by atoms with van der Waals surface area (Å²) in [6.45, 7) is 0.938. The van der Waals surface area contributed by atoms with Gasteiger partial charge in [0.2, 0.25) is 0 Å². The lowest BCUT2D eigenvalue weighted by Gasteiger charge is -2.07. The molecule has 1 aliphatic rings. The number of amides is 1. The van der Waals surface area contributed by atoms with Crippen molar-refractivity contribution in [1.29, 1.82) is 0 Å². The van der Waals surface area contributed by atoms with Gasteiger partial charge in [-0.25, -0.2) is 0 Å². The van der Waals surface area contributed by atoms with Crippen LogP contribution in [0.4, 0.5) is 0 Å². The van der Waals surface area contributed by atoms with Gasteiger partial charge in [-0.1, -0.05) is 30.4 Å². The Labute approximate surface area is 118 Å². The summed E-state index contributed by atoms with van der Waals surface area (Å²) in [5.74, 6) is -0.538. The van der Waals surface area contributed by atoms with Gasteiger partial charge in [-0.05, 0) is 12.2 Å². The van der Waals surface area contributed by atoms with Crippen LogP contribution >= 0.6 is 0 Å². The van der Waals surface area contributed by atoms with Crippen molar-refractivity contribution in [3.05, 3.63) is 48.1 Å². The molecule has 0 unspecified atom stereocenters. The second-order valence-electron chi connectivity index (χ2n) is 4.04. The first-order chi connectivity index (χ1) is 9.49. The maximum atomic E-state index is 11.8. The Morgan fingerprint density at radius 3 is 2.50 bits per heavy atom. The van der Waals surface area contributed by atoms with Crippen LogP contribution in [0.25, 0.3) is 0 Å². The molecule has 0 spiro atoms. The lowest BCUT2D eigenvalue weighted by atomic mass is 10.1. The average Bonchev–Trinajstić information content (AvgIpc) is 2.31. The first-order valence-corrected chi connectivity index (χ1v) is 7.76. The zero-order valence-corrected chi connectivity index (χ0v) is 11.8. The van der Waals surface area contributed by atoms with Crippen molar-refractivity contribution in [2.24, 2.45) is 0 Å². The molecular formula is C13H18N2O4S. The molecule has 0 heterocycles. The van der Waals surface area contributed by atoms with E-state index in [1.807, 2.05) is 18.2 Å². The number of allylic oxidation sites excluding steroid dienone is 6. The third-order valence-electron chi connectivity index (χ3n) is 2.38. The van der Waals surface area contributed by atoms with Crippen molar-refractivity contribution in [3.8, 4) is 0 Å². The van der Waals surface area contributed by atoms with Gasteiger partial charge in [0.25, 0.3) is 16.0 Å². The number of rotatable bonds is 7. The quantitative estimate of drug-likeness (QED) is 0.460. The Hall–Kier alpha value is -1.70. The van der Waals surface area contributed by atoms with Gasteiger partial charge >= 0.3 is 0 Å². The minimum absolute atomic E-state index is 0.144. The molecule has 0 aromatic carbocycles. The molecule has 0 atom stereocenters. The lowest BCUT2D eigenvalue weighted by molar-refractivity contribution is -0.117. The Bertz CT molecular complexity index is 545. The van der Waals surface area contributed by atoms with E-state index >= 15 is 0 Å². The van der Waals surface area contributed by atoms with Crippen LogP contribution in [0.5, 0.6) is 0 Å². The monoisotopic (exact) mass is 298 g/mol. The average molecular weight is 298 g/mol. The highest BCUT2D eigenvalue weighted by Crippen LogP contribution is 2.01. The fourth-order valence-corrected chi connectivity index (χ4v) is 1.81. The van der Waals surface area contributed by atoms with E-state index in [4.69, 9.17) is 4.55 Å². The third kappa shape index (κ3) is 7.67. The van der Waals surface area contributed by atoms with E-state index in [-0.39, 0.29) is 18.2 Å². The van der Waals surface area contributed by atoms with Crippen LogP contribution in [0.1, 0.15) is 0 Å². The van der Waals surface area contributed by atoms with Crippen LogP contribution in [-0.4, -0.2) is 44.3 Å². The van der Waals surface area contributed by atoms with Crippen LogP contribution in [-0.2, 0) is 14.9 Å². The summed E-state index contributed by atoms with van der Waals surface area (Å²) in [4.78, 5) is 11.8. The Morgan fingerprint density at radius 1 is 1.05 bits per heavy atom. The summed E-state index contributed by atoms with van der Waals surface area (Å²) in [6.07, 6.45) is 12.5. The van der Waals surface area contributed by atoms with Crippen molar-refractivity contribution in [3.63, 3.8) is 0 Å². The summed E-state index contributed by atoms with van der Waals surface area (Å²) in [5.41, 5.74) is 0.545. The zero-order valence-electron chi connectivity index (χ0n) is 11.0. The number of hydrogen-bond donors (Lipinski definition) is 3. The van der Waals surface area contributed by atoms with Crippen molar-refractivity contribution in [2.75, 3.05) is 25.4 Å². The Morgan fingerprint density at radius 2 is 1.75 bits per heavy atom. The highest BCUT2D eigenvalue weighted by atomic mass is 32.2. The smallest absolute Gasteiger partial charge is 0.266 e. The molecule has 0 saturated carbocycles. The molecule has 0 saturated heterocycles. The SMILES string of the molecule is O=C(NCCNCCS(=O)(=O)O)C1=C/C=C\C=C/C=C\1. The van der Waals surface area contributed by atoms with E-state index in [9.17, 15) is 13.2 Å². The minimum Gasteiger partial charge on any atom is -0.351 e. The fraction of sp³-hybridized carbons (Fsp3) is 0.308. The number of carbonyl (C=O) groups is 1. The molecule has 20 heavy (non-hydrogen) atoms. The summed E-state index contributed by atoms with van der Waals surface area (Å²) < 4.78 is 29.4. The van der Waals surface area contributed by atoms with Crippen molar-refractivity contribution >= 4 is 16.0 Å². The molecule has 0 aromatic rings. The molecule has 7 heteroatoms. The minimum atomic E-state index is -3.93. The standard InChI is InChI=1S/C13H18N2O4S/c16-13(12-6-4-2-1-3-5-7-12)15-9-8-14-10-11-20(17,18)19/h1-7,14H,8-11H2,(H,15,16)(H,17,18,19)/b2-1-,3-1?,4-2?,5-3-,6-4-,7-5?,12-6?,12-7+. The topological polar surface area (TPSA) is 95.5 Å². The predicted octanol–water partition coefficient (Wildman–Crippen LogP) is 0.189. The van der Waals surface area contributed by atoms with Crippen LogP contribution in [0.3, 0.4) is 0 Å². The summed E-state index contributed by atoms with van der Waals surface area (Å²) >= 11 is 0. The largest absolute Gasteiger partial charge is 0.351 e. The second kappa shape index (κ2) is 8.47. The molecule has 0 aliphatic heterocycles. The number of carbonyl (C=O) groups excluding carboxylic acids is 1. The van der Waals surface area contributed by atoms with Crippen LogP contribution in [0.15, 0.2) is 48.1 Å². The molecule has 1 amide bonds. The molecule has 0 radical (unpaired) electrons. The van der Waals surface area contributed by atoms with Crippen molar-refractivity contribution < 1.29 is 17.8 Å². The molecule has 110 valence electrons. The van der Waals surface area contributed by atoms with Crippen LogP contribution < -0.4 is 10.6 Å². The highest BCUT2D eigenvalue weighted by Gasteiger charge is 2.05. The molecule has 6 nitrogen and oxygen atoms in total. The molecule has 0 bridgehead atoms.